The zero-order chi connectivity index (χ0) is 19.3. The Labute approximate surface area is 148 Å². The van der Waals surface area contributed by atoms with Gasteiger partial charge in [-0.3, -0.25) is 9.52 Å². The molecule has 0 saturated heterocycles. The minimum atomic E-state index is -4.33. The minimum absolute atomic E-state index is 0.0507. The second-order valence-corrected chi connectivity index (χ2v) is 6.79. The van der Waals surface area contributed by atoms with Gasteiger partial charge in [0.15, 0.2) is 17.5 Å². The summed E-state index contributed by atoms with van der Waals surface area (Å²) in [5.74, 6) is -5.43. The van der Waals surface area contributed by atoms with Crippen molar-refractivity contribution in [3.8, 4) is 0 Å². The van der Waals surface area contributed by atoms with Crippen molar-refractivity contribution in [3.63, 3.8) is 0 Å². The molecule has 0 bridgehead atoms. The highest BCUT2D eigenvalue weighted by molar-refractivity contribution is 7.92. The van der Waals surface area contributed by atoms with Crippen LogP contribution in [0, 0.1) is 17.5 Å². The third kappa shape index (κ3) is 4.52. The van der Waals surface area contributed by atoms with Crippen LogP contribution in [-0.4, -0.2) is 34.6 Å². The third-order valence-electron chi connectivity index (χ3n) is 3.28. The van der Waals surface area contributed by atoms with Gasteiger partial charge < -0.3 is 10.1 Å². The van der Waals surface area contributed by atoms with Gasteiger partial charge in [0, 0.05) is 19.2 Å². The van der Waals surface area contributed by atoms with Gasteiger partial charge in [-0.15, -0.1) is 0 Å². The number of rotatable bonds is 7. The van der Waals surface area contributed by atoms with Crippen molar-refractivity contribution in [2.45, 2.75) is 4.90 Å². The highest BCUT2D eigenvalue weighted by Crippen LogP contribution is 2.23. The zero-order valence-corrected chi connectivity index (χ0v) is 14.4. The van der Waals surface area contributed by atoms with Gasteiger partial charge in [-0.25, -0.2) is 21.6 Å². The number of halogens is 3. The number of ether oxygens (including phenoxy) is 1. The average Bonchev–Trinajstić information content (AvgIpc) is 2.62. The highest BCUT2D eigenvalue weighted by atomic mass is 32.2. The van der Waals surface area contributed by atoms with E-state index in [-0.39, 0.29) is 23.6 Å². The molecule has 0 aliphatic rings. The molecule has 6 nitrogen and oxygen atoms in total. The molecular weight excluding hydrogens is 373 g/mol. The van der Waals surface area contributed by atoms with Gasteiger partial charge in [0.05, 0.1) is 17.2 Å². The van der Waals surface area contributed by atoms with Crippen molar-refractivity contribution in [1.82, 2.24) is 5.32 Å². The molecule has 140 valence electrons. The summed E-state index contributed by atoms with van der Waals surface area (Å²) in [6.07, 6.45) is 0. The summed E-state index contributed by atoms with van der Waals surface area (Å²) in [5.41, 5.74) is -0.700. The van der Waals surface area contributed by atoms with E-state index >= 15 is 0 Å². The number of nitrogens with one attached hydrogen (secondary N) is 2. The summed E-state index contributed by atoms with van der Waals surface area (Å²) in [6, 6.07) is 6.30. The first-order valence-corrected chi connectivity index (χ1v) is 8.78. The molecule has 0 atom stereocenters. The number of benzene rings is 2. The van der Waals surface area contributed by atoms with Gasteiger partial charge in [0.1, 0.15) is 0 Å². The molecule has 2 aromatic carbocycles. The number of carbonyl (C=O) groups is 1. The van der Waals surface area contributed by atoms with Crippen molar-refractivity contribution >= 4 is 21.6 Å². The molecule has 0 aromatic heterocycles. The van der Waals surface area contributed by atoms with Crippen molar-refractivity contribution < 1.29 is 31.1 Å². The monoisotopic (exact) mass is 388 g/mol. The predicted octanol–water partition coefficient (Wildman–Crippen LogP) is 2.28. The Kier molecular flexibility index (Phi) is 6.22. The fraction of sp³-hybridized carbons (Fsp3) is 0.188. The molecule has 2 rings (SSSR count). The largest absolute Gasteiger partial charge is 0.383 e. The van der Waals surface area contributed by atoms with E-state index in [2.05, 4.69) is 5.32 Å². The van der Waals surface area contributed by atoms with Crippen LogP contribution in [0.15, 0.2) is 41.3 Å². The summed E-state index contributed by atoms with van der Waals surface area (Å²) < 4.78 is 71.1. The highest BCUT2D eigenvalue weighted by Gasteiger charge is 2.21. The zero-order valence-electron chi connectivity index (χ0n) is 13.6. The normalized spacial score (nSPS) is 11.2. The van der Waals surface area contributed by atoms with Gasteiger partial charge >= 0.3 is 0 Å². The molecule has 26 heavy (non-hydrogen) atoms. The molecule has 2 aromatic rings. The van der Waals surface area contributed by atoms with Crippen LogP contribution in [0.3, 0.4) is 0 Å². The van der Waals surface area contributed by atoms with E-state index in [0.29, 0.717) is 6.07 Å². The quantitative estimate of drug-likeness (QED) is 0.563. The van der Waals surface area contributed by atoms with Gasteiger partial charge in [-0.2, -0.15) is 0 Å². The van der Waals surface area contributed by atoms with Crippen LogP contribution in [-0.2, 0) is 14.8 Å². The average molecular weight is 388 g/mol. The summed E-state index contributed by atoms with van der Waals surface area (Å²) in [6.45, 7) is 0.505. The Balaban J connectivity index is 2.26. The van der Waals surface area contributed by atoms with Gasteiger partial charge in [0.2, 0.25) is 0 Å². The molecule has 0 unspecified atom stereocenters. The van der Waals surface area contributed by atoms with E-state index in [4.69, 9.17) is 4.74 Å². The number of anilines is 1. The standard InChI is InChI=1S/C16H15F3N2O4S/c1-25-8-7-20-16(22)10-3-2-4-11(9-10)26(23,24)21-13-6-5-12(17)14(18)15(13)19/h2-6,9,21H,7-8H2,1H3,(H,20,22). The van der Waals surface area contributed by atoms with E-state index < -0.39 is 39.1 Å². The fourth-order valence-corrected chi connectivity index (χ4v) is 3.09. The lowest BCUT2D eigenvalue weighted by atomic mass is 10.2. The van der Waals surface area contributed by atoms with Crippen molar-refractivity contribution in [2.24, 2.45) is 0 Å². The van der Waals surface area contributed by atoms with E-state index in [9.17, 15) is 26.4 Å². The first-order chi connectivity index (χ1) is 12.3. The molecule has 0 spiro atoms. The van der Waals surface area contributed by atoms with Crippen LogP contribution in [0.25, 0.3) is 0 Å². The Hall–Kier alpha value is -2.59. The predicted molar refractivity (Wildman–Crippen MR) is 87.8 cm³/mol. The van der Waals surface area contributed by atoms with Crippen LogP contribution in [0.2, 0.25) is 0 Å². The van der Waals surface area contributed by atoms with Crippen LogP contribution in [0.1, 0.15) is 10.4 Å². The molecule has 0 aliphatic heterocycles. The summed E-state index contributed by atoms with van der Waals surface area (Å²) in [5, 5.41) is 2.52. The van der Waals surface area contributed by atoms with Crippen LogP contribution in [0.4, 0.5) is 18.9 Å². The Morgan fingerprint density at radius 1 is 1.12 bits per heavy atom. The molecule has 2 N–H and O–H groups in total. The van der Waals surface area contributed by atoms with Crippen LogP contribution < -0.4 is 10.0 Å². The maximum Gasteiger partial charge on any atom is 0.262 e. The lowest BCUT2D eigenvalue weighted by molar-refractivity contribution is 0.0937. The van der Waals surface area contributed by atoms with E-state index in [1.165, 1.54) is 25.3 Å². The molecule has 0 radical (unpaired) electrons. The molecule has 0 fully saturated rings. The van der Waals surface area contributed by atoms with E-state index in [0.717, 1.165) is 12.1 Å². The van der Waals surface area contributed by atoms with Crippen LogP contribution in [0.5, 0.6) is 0 Å². The van der Waals surface area contributed by atoms with Crippen LogP contribution >= 0.6 is 0 Å². The number of carbonyl (C=O) groups excluding carboxylic acids is 1. The Morgan fingerprint density at radius 2 is 1.85 bits per heavy atom. The molecule has 1 amide bonds. The topological polar surface area (TPSA) is 84.5 Å². The number of hydrogen-bond donors (Lipinski definition) is 2. The molecular formula is C16H15F3N2O4S. The Morgan fingerprint density at radius 3 is 2.54 bits per heavy atom. The van der Waals surface area contributed by atoms with Gasteiger partial charge in [0.25, 0.3) is 15.9 Å². The van der Waals surface area contributed by atoms with Crippen molar-refractivity contribution in [2.75, 3.05) is 25.0 Å². The van der Waals surface area contributed by atoms with E-state index in [1.807, 2.05) is 4.72 Å². The second-order valence-electron chi connectivity index (χ2n) is 5.10. The lowest BCUT2D eigenvalue weighted by Gasteiger charge is -2.11. The summed E-state index contributed by atoms with van der Waals surface area (Å²) in [7, 11) is -2.87. The maximum absolute atomic E-state index is 13.7. The lowest BCUT2D eigenvalue weighted by Crippen LogP contribution is -2.27. The fourth-order valence-electron chi connectivity index (χ4n) is 1.98. The minimum Gasteiger partial charge on any atom is -0.383 e. The summed E-state index contributed by atoms with van der Waals surface area (Å²) in [4.78, 5) is 11.6. The number of methoxy groups -OCH3 is 1. The van der Waals surface area contributed by atoms with Crippen molar-refractivity contribution in [1.29, 1.82) is 0 Å². The molecule has 0 heterocycles. The SMILES string of the molecule is COCCNC(=O)c1cccc(S(=O)(=O)Nc2ccc(F)c(F)c2F)c1. The number of hydrogen-bond acceptors (Lipinski definition) is 4. The Bertz CT molecular complexity index is 920. The molecule has 0 aliphatic carbocycles. The second kappa shape index (κ2) is 8.19. The first-order valence-electron chi connectivity index (χ1n) is 7.30. The molecule has 10 heteroatoms. The molecule has 0 saturated carbocycles. The summed E-state index contributed by atoms with van der Waals surface area (Å²) >= 11 is 0. The van der Waals surface area contributed by atoms with E-state index in [1.54, 1.807) is 0 Å². The number of sulfonamides is 1. The smallest absolute Gasteiger partial charge is 0.262 e. The van der Waals surface area contributed by atoms with Gasteiger partial charge in [-0.05, 0) is 30.3 Å². The number of amides is 1. The van der Waals surface area contributed by atoms with Crippen molar-refractivity contribution in [3.05, 3.63) is 59.4 Å². The first kappa shape index (κ1) is 19.7. The van der Waals surface area contributed by atoms with Gasteiger partial charge in [-0.1, -0.05) is 6.07 Å². The maximum atomic E-state index is 13.7. The third-order valence-corrected chi connectivity index (χ3v) is 4.64.